The summed E-state index contributed by atoms with van der Waals surface area (Å²) in [6.45, 7) is 0.355. The number of nitrogens with one attached hydrogen (secondary N) is 2. The molecular weight excluding hydrogens is 455 g/mol. The third-order valence-electron chi connectivity index (χ3n) is 6.95. The van der Waals surface area contributed by atoms with E-state index in [1.54, 1.807) is 0 Å². The van der Waals surface area contributed by atoms with Crippen LogP contribution in [0.25, 0.3) is 0 Å². The van der Waals surface area contributed by atoms with Gasteiger partial charge in [0.25, 0.3) is 11.8 Å². The van der Waals surface area contributed by atoms with Gasteiger partial charge in [0, 0.05) is 18.2 Å². The van der Waals surface area contributed by atoms with Gasteiger partial charge >= 0.3 is 6.09 Å². The quantitative estimate of drug-likeness (QED) is 0.566. The molecule has 0 aromatic heterocycles. The number of nitrogens with two attached hydrogens (primary N) is 1. The summed E-state index contributed by atoms with van der Waals surface area (Å²) in [5.74, 6) is -1.85. The molecule has 9 nitrogen and oxygen atoms in total. The molecule has 4 atom stereocenters. The van der Waals surface area contributed by atoms with Crippen LogP contribution in [0.15, 0.2) is 36.4 Å². The van der Waals surface area contributed by atoms with Gasteiger partial charge in [-0.3, -0.25) is 14.4 Å². The molecule has 2 aliphatic heterocycles. The van der Waals surface area contributed by atoms with Crippen molar-refractivity contribution in [1.29, 1.82) is 0 Å². The number of hydrogen-bond donors (Lipinski definition) is 3. The molecule has 10 heteroatoms. The molecule has 1 aromatic rings. The van der Waals surface area contributed by atoms with Crippen LogP contribution < -0.4 is 16.4 Å². The molecule has 1 saturated carbocycles. The first-order chi connectivity index (χ1) is 16.8. The molecule has 4 unspecified atom stereocenters. The minimum Gasteiger partial charge on any atom is -0.436 e. The predicted octanol–water partition coefficient (Wildman–Crippen LogP) is 2.61. The molecule has 0 radical (unpaired) electrons. The number of allylic oxidation sites excluding steroid dienone is 1. The Morgan fingerprint density at radius 1 is 1.11 bits per heavy atom. The highest BCUT2D eigenvalue weighted by molar-refractivity contribution is 6.04. The molecule has 35 heavy (non-hydrogen) atoms. The molecule has 2 heterocycles. The predicted molar refractivity (Wildman–Crippen MR) is 125 cm³/mol. The molecule has 1 aromatic carbocycles. The zero-order valence-corrected chi connectivity index (χ0v) is 19.5. The number of amides is 4. The Hall–Kier alpha value is -3.43. The van der Waals surface area contributed by atoms with E-state index in [9.17, 15) is 23.6 Å². The van der Waals surface area contributed by atoms with Crippen molar-refractivity contribution < 1.29 is 28.3 Å². The summed E-state index contributed by atoms with van der Waals surface area (Å²) in [7, 11) is 0. The monoisotopic (exact) mass is 486 g/mol. The lowest BCUT2D eigenvalue weighted by Crippen LogP contribution is -2.55. The Kier molecular flexibility index (Phi) is 7.37. The summed E-state index contributed by atoms with van der Waals surface area (Å²) < 4.78 is 18.4. The molecule has 1 aliphatic carbocycles. The fraction of sp³-hybridized carbons (Fsp3) is 0.520. The fourth-order valence-corrected chi connectivity index (χ4v) is 4.95. The second-order valence-electron chi connectivity index (χ2n) is 9.41. The van der Waals surface area contributed by atoms with E-state index in [0.29, 0.717) is 44.3 Å². The van der Waals surface area contributed by atoms with E-state index in [4.69, 9.17) is 10.5 Å². The van der Waals surface area contributed by atoms with Gasteiger partial charge in [-0.1, -0.05) is 18.6 Å². The number of carbonyl (C=O) groups excluding carboxylic acids is 4. The Labute approximate surface area is 203 Å². The highest BCUT2D eigenvalue weighted by Crippen LogP contribution is 2.46. The van der Waals surface area contributed by atoms with Crippen LogP contribution in [0, 0.1) is 11.7 Å². The highest BCUT2D eigenvalue weighted by atomic mass is 19.1. The number of anilines is 1. The maximum atomic E-state index is 13.4. The SMILES string of the molecule is NC(=O)OC1CCCCCC=CC2CC2(C(=O)Nc2ccc(F)cc2)NC(=O)C2CCCN2C1=O. The molecule has 1 saturated heterocycles. The largest absolute Gasteiger partial charge is 0.436 e. The Morgan fingerprint density at radius 2 is 1.89 bits per heavy atom. The van der Waals surface area contributed by atoms with Crippen molar-refractivity contribution in [2.24, 2.45) is 11.7 Å². The molecule has 188 valence electrons. The van der Waals surface area contributed by atoms with Gasteiger partial charge in [-0.2, -0.15) is 0 Å². The summed E-state index contributed by atoms with van der Waals surface area (Å²) in [6, 6.07) is 4.65. The molecule has 4 rings (SSSR count). The normalized spacial score (nSPS) is 29.2. The fourth-order valence-electron chi connectivity index (χ4n) is 4.95. The van der Waals surface area contributed by atoms with Gasteiger partial charge in [0.1, 0.15) is 17.4 Å². The van der Waals surface area contributed by atoms with Crippen LogP contribution in [0.5, 0.6) is 0 Å². The van der Waals surface area contributed by atoms with E-state index in [0.717, 1.165) is 19.3 Å². The zero-order valence-electron chi connectivity index (χ0n) is 19.5. The highest BCUT2D eigenvalue weighted by Gasteiger charge is 2.60. The van der Waals surface area contributed by atoms with E-state index in [1.807, 2.05) is 12.2 Å². The summed E-state index contributed by atoms with van der Waals surface area (Å²) in [6.07, 6.45) is 6.88. The second kappa shape index (κ2) is 10.5. The number of fused-ring (bicyclic) bond motifs is 2. The number of nitrogens with zero attached hydrogens (tertiary/aromatic N) is 1. The van der Waals surface area contributed by atoms with Gasteiger partial charge in [0.2, 0.25) is 5.91 Å². The van der Waals surface area contributed by atoms with Crippen LogP contribution in [0.3, 0.4) is 0 Å². The average molecular weight is 487 g/mol. The van der Waals surface area contributed by atoms with Crippen LogP contribution in [0.1, 0.15) is 51.4 Å². The number of rotatable bonds is 3. The summed E-state index contributed by atoms with van der Waals surface area (Å²) in [4.78, 5) is 52.7. The number of halogens is 1. The van der Waals surface area contributed by atoms with E-state index >= 15 is 0 Å². The Bertz CT molecular complexity index is 1010. The number of ether oxygens (including phenoxy) is 1. The van der Waals surface area contributed by atoms with Crippen molar-refractivity contribution in [2.45, 2.75) is 69.1 Å². The van der Waals surface area contributed by atoms with Gasteiger partial charge in [-0.15, -0.1) is 0 Å². The Morgan fingerprint density at radius 3 is 2.63 bits per heavy atom. The van der Waals surface area contributed by atoms with Gasteiger partial charge in [-0.05, 0) is 69.2 Å². The minimum absolute atomic E-state index is 0.187. The topological polar surface area (TPSA) is 131 Å². The third kappa shape index (κ3) is 5.63. The lowest BCUT2D eigenvalue weighted by molar-refractivity contribution is -0.146. The van der Waals surface area contributed by atoms with Gasteiger partial charge in [0.05, 0.1) is 0 Å². The summed E-state index contributed by atoms with van der Waals surface area (Å²) >= 11 is 0. The summed E-state index contributed by atoms with van der Waals surface area (Å²) in [5.41, 5.74) is 4.47. The molecular formula is C25H31FN4O5. The molecule has 0 spiro atoms. The van der Waals surface area contributed by atoms with Crippen LogP contribution in [0.2, 0.25) is 0 Å². The molecule has 0 bridgehead atoms. The minimum atomic E-state index is -1.15. The van der Waals surface area contributed by atoms with Crippen molar-refractivity contribution in [2.75, 3.05) is 11.9 Å². The second-order valence-corrected chi connectivity index (χ2v) is 9.41. The van der Waals surface area contributed by atoms with Crippen molar-refractivity contribution in [1.82, 2.24) is 10.2 Å². The van der Waals surface area contributed by atoms with Crippen molar-refractivity contribution in [3.63, 3.8) is 0 Å². The number of hydrogen-bond acceptors (Lipinski definition) is 5. The van der Waals surface area contributed by atoms with E-state index in [2.05, 4.69) is 10.6 Å². The van der Waals surface area contributed by atoms with Crippen molar-refractivity contribution in [3.8, 4) is 0 Å². The van der Waals surface area contributed by atoms with Crippen LogP contribution in [-0.2, 0) is 19.1 Å². The first-order valence-corrected chi connectivity index (χ1v) is 12.1. The zero-order chi connectivity index (χ0) is 25.0. The number of primary amides is 1. The average Bonchev–Trinajstić information content (AvgIpc) is 3.28. The lowest BCUT2D eigenvalue weighted by Gasteiger charge is -2.29. The van der Waals surface area contributed by atoms with E-state index < -0.39 is 41.4 Å². The first-order valence-electron chi connectivity index (χ1n) is 12.1. The smallest absolute Gasteiger partial charge is 0.405 e. The van der Waals surface area contributed by atoms with Crippen molar-refractivity contribution in [3.05, 3.63) is 42.2 Å². The number of carbonyl (C=O) groups is 4. The molecule has 3 aliphatic rings. The molecule has 4 amide bonds. The molecule has 2 fully saturated rings. The van der Waals surface area contributed by atoms with Crippen molar-refractivity contribution >= 4 is 29.5 Å². The van der Waals surface area contributed by atoms with Gasteiger partial charge in [-0.25, -0.2) is 9.18 Å². The number of benzene rings is 1. The van der Waals surface area contributed by atoms with E-state index in [1.165, 1.54) is 29.2 Å². The van der Waals surface area contributed by atoms with Crippen LogP contribution >= 0.6 is 0 Å². The summed E-state index contributed by atoms with van der Waals surface area (Å²) in [5, 5.41) is 5.69. The first kappa shape index (κ1) is 24.7. The van der Waals surface area contributed by atoms with Crippen LogP contribution in [-0.4, -0.2) is 52.9 Å². The maximum absolute atomic E-state index is 13.4. The Balaban J connectivity index is 1.56. The lowest BCUT2D eigenvalue weighted by atomic mass is 10.1. The van der Waals surface area contributed by atoms with Gasteiger partial charge < -0.3 is 26.0 Å². The maximum Gasteiger partial charge on any atom is 0.405 e. The third-order valence-corrected chi connectivity index (χ3v) is 6.95. The van der Waals surface area contributed by atoms with Gasteiger partial charge in [0.15, 0.2) is 6.10 Å². The van der Waals surface area contributed by atoms with E-state index in [-0.39, 0.29) is 11.8 Å². The van der Waals surface area contributed by atoms with Crippen LogP contribution in [0.4, 0.5) is 14.9 Å². The standard InChI is InChI=1S/C25H31FN4O5/c26-17-10-12-18(13-11-17)28-23(33)25-15-16(25)7-4-2-1-3-5-9-20(35-24(27)34)22(32)30-14-6-8-19(30)21(31)29-25/h4,7,10-13,16,19-20H,1-3,5-6,8-9,14-15H2,(H2,27,34)(H,28,33)(H,29,31). The molecule has 4 N–H and O–H groups in total.